The molecule has 1 fully saturated rings. The van der Waals surface area contributed by atoms with E-state index in [1.165, 1.54) is 6.26 Å². The first-order valence-electron chi connectivity index (χ1n) is 7.25. The van der Waals surface area contributed by atoms with Crippen LogP contribution in [0.1, 0.15) is 18.4 Å². The predicted octanol–water partition coefficient (Wildman–Crippen LogP) is 1.93. The van der Waals surface area contributed by atoms with Gasteiger partial charge in [-0.3, -0.25) is 0 Å². The number of benzene rings is 1. The number of hydrogen-bond donors (Lipinski definition) is 1. The van der Waals surface area contributed by atoms with Crippen molar-refractivity contribution in [3.05, 3.63) is 36.2 Å². The van der Waals surface area contributed by atoms with Crippen LogP contribution in [0.5, 0.6) is 0 Å². The smallest absolute Gasteiger partial charge is 0.244 e. The summed E-state index contributed by atoms with van der Waals surface area (Å²) in [5, 5.41) is 7.60. The van der Waals surface area contributed by atoms with Crippen LogP contribution in [0.3, 0.4) is 0 Å². The van der Waals surface area contributed by atoms with Gasteiger partial charge in [-0.15, -0.1) is 0 Å². The van der Waals surface area contributed by atoms with Gasteiger partial charge in [-0.25, -0.2) is 8.42 Å². The summed E-state index contributed by atoms with van der Waals surface area (Å²) in [5.74, 6) is 1.27. The number of nitrogens with one attached hydrogen (secondary N) is 1. The summed E-state index contributed by atoms with van der Waals surface area (Å²) in [4.78, 5) is 4.35. The van der Waals surface area contributed by atoms with E-state index in [0.29, 0.717) is 30.4 Å². The average Bonchev–Trinajstić information content (AvgIpc) is 3.23. The lowest BCUT2D eigenvalue weighted by Gasteiger charge is -2.04. The van der Waals surface area contributed by atoms with Crippen molar-refractivity contribution < 1.29 is 17.4 Å². The third-order valence-corrected chi connectivity index (χ3v) is 5.65. The van der Waals surface area contributed by atoms with Crippen molar-refractivity contribution >= 4 is 20.8 Å². The van der Waals surface area contributed by atoms with Gasteiger partial charge in [-0.1, -0.05) is 23.4 Å². The molecule has 2 aromatic heterocycles. The van der Waals surface area contributed by atoms with E-state index in [1.807, 2.05) is 30.3 Å². The van der Waals surface area contributed by atoms with Gasteiger partial charge in [0.05, 0.1) is 11.3 Å². The molecular formula is C15H15N3O4S. The fourth-order valence-corrected chi connectivity index (χ4v) is 3.73. The minimum atomic E-state index is -3.08. The molecule has 0 aliphatic carbocycles. The Morgan fingerprint density at radius 2 is 2.13 bits per heavy atom. The van der Waals surface area contributed by atoms with Crippen LogP contribution in [0, 0.1) is 0 Å². The normalized spacial score (nSPS) is 22.0. The molecule has 0 saturated carbocycles. The molecule has 7 nitrogen and oxygen atoms in total. The van der Waals surface area contributed by atoms with Gasteiger partial charge in [-0.05, 0) is 18.6 Å². The van der Waals surface area contributed by atoms with E-state index in [-0.39, 0.29) is 6.04 Å². The van der Waals surface area contributed by atoms with E-state index in [1.54, 1.807) is 0 Å². The number of fused-ring (bicyclic) bond motifs is 1. The van der Waals surface area contributed by atoms with Crippen LogP contribution in [0.15, 0.2) is 39.3 Å². The first-order valence-corrected chi connectivity index (χ1v) is 9.21. The number of furan rings is 1. The second-order valence-electron chi connectivity index (χ2n) is 5.75. The van der Waals surface area contributed by atoms with Crippen LogP contribution in [0.25, 0.3) is 22.6 Å². The molecule has 1 saturated heterocycles. The summed E-state index contributed by atoms with van der Waals surface area (Å²) < 4.78 is 34.2. The third-order valence-electron chi connectivity index (χ3n) is 4.08. The van der Waals surface area contributed by atoms with Crippen molar-refractivity contribution in [2.24, 2.45) is 0 Å². The Bertz CT molecular complexity index is 927. The molecule has 0 amide bonds. The van der Waals surface area contributed by atoms with E-state index >= 15 is 0 Å². The average molecular weight is 333 g/mol. The summed E-state index contributed by atoms with van der Waals surface area (Å²) in [7, 11) is -3.08. The van der Waals surface area contributed by atoms with Crippen LogP contribution >= 0.6 is 0 Å². The molecule has 3 heterocycles. The molecular weight excluding hydrogens is 318 g/mol. The third kappa shape index (κ3) is 2.64. The molecule has 0 radical (unpaired) electrons. The second-order valence-corrected chi connectivity index (χ2v) is 8.08. The highest BCUT2D eigenvalue weighted by Crippen LogP contribution is 2.29. The first kappa shape index (κ1) is 14.4. The first-order chi connectivity index (χ1) is 11.0. The van der Waals surface area contributed by atoms with Gasteiger partial charge in [0.25, 0.3) is 0 Å². The van der Waals surface area contributed by atoms with E-state index in [9.17, 15) is 8.42 Å². The summed E-state index contributed by atoms with van der Waals surface area (Å²) >= 11 is 0. The molecule has 23 heavy (non-hydrogen) atoms. The lowest BCUT2D eigenvalue weighted by Crippen LogP contribution is -2.22. The molecule has 1 aliphatic heterocycles. The van der Waals surface area contributed by atoms with Crippen LogP contribution in [0.4, 0.5) is 0 Å². The van der Waals surface area contributed by atoms with E-state index < -0.39 is 15.1 Å². The quantitative estimate of drug-likeness (QED) is 0.782. The van der Waals surface area contributed by atoms with Crippen LogP contribution < -0.4 is 5.32 Å². The minimum Gasteiger partial charge on any atom is -0.453 e. The summed E-state index contributed by atoms with van der Waals surface area (Å²) in [6.45, 7) is 0.395. The number of sulfone groups is 1. The van der Waals surface area contributed by atoms with Gasteiger partial charge in [0.1, 0.15) is 5.58 Å². The van der Waals surface area contributed by atoms with Crippen molar-refractivity contribution in [1.82, 2.24) is 15.5 Å². The summed E-state index contributed by atoms with van der Waals surface area (Å²) in [5.41, 5.74) is 0.755. The Balaban J connectivity index is 1.60. The topological polar surface area (TPSA) is 98.2 Å². The highest BCUT2D eigenvalue weighted by atomic mass is 32.2. The maximum absolute atomic E-state index is 11.6. The van der Waals surface area contributed by atoms with Gasteiger partial charge in [0, 0.05) is 18.2 Å². The zero-order chi connectivity index (χ0) is 16.0. The standard InChI is InChI=1S/C15H15N3O4S/c1-23(19,20)10-7-11(16-8-10)15-17-14(18-22-15)13-6-9-4-2-3-5-12(9)21-13/h2-6,10-11,16H,7-8H2,1H3/t10-,11+/m0/s1. The molecule has 1 aromatic carbocycles. The Morgan fingerprint density at radius 1 is 1.30 bits per heavy atom. The van der Waals surface area contributed by atoms with Crippen molar-refractivity contribution in [3.63, 3.8) is 0 Å². The van der Waals surface area contributed by atoms with Crippen molar-refractivity contribution in [3.8, 4) is 11.6 Å². The van der Waals surface area contributed by atoms with Crippen LogP contribution in [-0.4, -0.2) is 36.6 Å². The molecule has 0 bridgehead atoms. The fraction of sp³-hybridized carbons (Fsp3) is 0.333. The zero-order valence-electron chi connectivity index (χ0n) is 12.4. The number of rotatable bonds is 3. The Morgan fingerprint density at radius 3 is 2.87 bits per heavy atom. The monoisotopic (exact) mass is 333 g/mol. The van der Waals surface area contributed by atoms with Crippen molar-refractivity contribution in [2.75, 3.05) is 12.8 Å². The molecule has 2 atom stereocenters. The number of aromatic nitrogens is 2. The van der Waals surface area contributed by atoms with Crippen LogP contribution in [0.2, 0.25) is 0 Å². The van der Waals surface area contributed by atoms with E-state index in [0.717, 1.165) is 11.0 Å². The van der Waals surface area contributed by atoms with Gasteiger partial charge in [-0.2, -0.15) is 4.98 Å². The molecule has 4 rings (SSSR count). The lowest BCUT2D eigenvalue weighted by atomic mass is 10.2. The lowest BCUT2D eigenvalue weighted by molar-refractivity contribution is 0.344. The molecule has 1 aliphatic rings. The van der Waals surface area contributed by atoms with Gasteiger partial charge >= 0.3 is 0 Å². The summed E-state index contributed by atoms with van der Waals surface area (Å²) in [6.07, 6.45) is 1.68. The van der Waals surface area contributed by atoms with Gasteiger partial charge in [0.15, 0.2) is 15.6 Å². The Labute approximate surface area is 132 Å². The molecule has 8 heteroatoms. The minimum absolute atomic E-state index is 0.250. The highest BCUT2D eigenvalue weighted by Gasteiger charge is 2.35. The van der Waals surface area contributed by atoms with Crippen LogP contribution in [-0.2, 0) is 9.84 Å². The highest BCUT2D eigenvalue weighted by molar-refractivity contribution is 7.91. The molecule has 120 valence electrons. The van der Waals surface area contributed by atoms with Crippen molar-refractivity contribution in [1.29, 1.82) is 0 Å². The van der Waals surface area contributed by atoms with Gasteiger partial charge < -0.3 is 14.3 Å². The maximum atomic E-state index is 11.6. The Kier molecular flexibility index (Phi) is 3.24. The summed E-state index contributed by atoms with van der Waals surface area (Å²) in [6, 6.07) is 9.24. The SMILES string of the molecule is CS(=O)(=O)[C@@H]1CN[C@@H](c2nc(-c3cc4ccccc4o3)no2)C1. The zero-order valence-corrected chi connectivity index (χ0v) is 13.2. The molecule has 3 aromatic rings. The molecule has 1 N–H and O–H groups in total. The number of nitrogens with zero attached hydrogens (tertiary/aromatic N) is 2. The number of hydrogen-bond acceptors (Lipinski definition) is 7. The number of para-hydroxylation sites is 1. The largest absolute Gasteiger partial charge is 0.453 e. The Hall–Kier alpha value is -2.19. The fourth-order valence-electron chi connectivity index (χ4n) is 2.79. The molecule has 0 spiro atoms. The van der Waals surface area contributed by atoms with E-state index in [4.69, 9.17) is 8.94 Å². The second kappa shape index (κ2) is 5.17. The van der Waals surface area contributed by atoms with Crippen molar-refractivity contribution in [2.45, 2.75) is 17.7 Å². The molecule has 0 unspecified atom stereocenters. The van der Waals surface area contributed by atoms with Gasteiger partial charge in [0.2, 0.25) is 11.7 Å². The van der Waals surface area contributed by atoms with E-state index in [2.05, 4.69) is 15.5 Å². The predicted molar refractivity (Wildman–Crippen MR) is 83.5 cm³/mol. The maximum Gasteiger partial charge on any atom is 0.244 e.